The van der Waals surface area contributed by atoms with Gasteiger partial charge in [0.2, 0.25) is 0 Å². The number of ketones is 2. The molecule has 2 aliphatic heterocycles. The molecule has 1 N–H and O–H groups in total. The van der Waals surface area contributed by atoms with Crippen LogP contribution < -0.4 is 0 Å². The Bertz CT molecular complexity index is 768. The molecule has 2 bridgehead atoms. The Balaban J connectivity index is 1.85. The van der Waals surface area contributed by atoms with E-state index in [-0.39, 0.29) is 24.3 Å². The lowest BCUT2D eigenvalue weighted by Gasteiger charge is -2.27. The third-order valence-electron chi connectivity index (χ3n) is 6.16. The second kappa shape index (κ2) is 5.61. The summed E-state index contributed by atoms with van der Waals surface area (Å²) in [5.41, 5.74) is 3.24. The van der Waals surface area contributed by atoms with Crippen molar-refractivity contribution in [2.75, 3.05) is 6.61 Å². The summed E-state index contributed by atoms with van der Waals surface area (Å²) >= 11 is 0. The molecule has 1 saturated carbocycles. The number of fused-ring (bicyclic) bond motifs is 5. The minimum atomic E-state index is -1.000. The van der Waals surface area contributed by atoms with E-state index in [1.54, 1.807) is 6.08 Å². The number of Topliss-reactive ketones (excluding diaryl/α,β-unsaturated/α-hetero) is 2. The molecule has 4 heteroatoms. The van der Waals surface area contributed by atoms with Gasteiger partial charge in [0.1, 0.15) is 11.5 Å². The lowest BCUT2D eigenvalue weighted by molar-refractivity contribution is -0.130. The molecule has 1 aromatic rings. The van der Waals surface area contributed by atoms with Crippen LogP contribution in [0.2, 0.25) is 0 Å². The second-order valence-corrected chi connectivity index (χ2v) is 7.50. The molecule has 5 atom stereocenters. The van der Waals surface area contributed by atoms with Gasteiger partial charge in [-0.3, -0.25) is 9.59 Å². The van der Waals surface area contributed by atoms with Crippen molar-refractivity contribution in [3.05, 3.63) is 46.5 Å². The molecular formula is C21H24O4. The summed E-state index contributed by atoms with van der Waals surface area (Å²) in [7, 11) is 0. The first-order chi connectivity index (χ1) is 12.0. The number of hydrogen-bond acceptors (Lipinski definition) is 4. The minimum absolute atomic E-state index is 0.0343. The maximum atomic E-state index is 13.3. The summed E-state index contributed by atoms with van der Waals surface area (Å²) in [6.45, 7) is 5.91. The highest BCUT2D eigenvalue weighted by molar-refractivity contribution is 6.17. The van der Waals surface area contributed by atoms with E-state index in [4.69, 9.17) is 4.74 Å². The maximum absolute atomic E-state index is 13.3. The number of carbonyl (C=O) groups is 2. The predicted molar refractivity (Wildman–Crippen MR) is 93.5 cm³/mol. The normalized spacial score (nSPS) is 35.7. The van der Waals surface area contributed by atoms with E-state index < -0.39 is 23.4 Å². The molecule has 0 aromatic heterocycles. The third kappa shape index (κ3) is 2.07. The summed E-state index contributed by atoms with van der Waals surface area (Å²) in [6.07, 6.45) is 4.82. The Morgan fingerprint density at radius 3 is 2.32 bits per heavy atom. The molecule has 0 amide bonds. The number of ether oxygens (including phenoxy) is 1. The number of hydrogen-bond donors (Lipinski definition) is 1. The molecular weight excluding hydrogens is 316 g/mol. The van der Waals surface area contributed by atoms with Crippen LogP contribution in [0.4, 0.5) is 0 Å². The predicted octanol–water partition coefficient (Wildman–Crippen LogP) is 2.29. The summed E-state index contributed by atoms with van der Waals surface area (Å²) in [5.74, 6) is -1.83. The molecule has 2 heterocycles. The molecule has 0 radical (unpaired) electrons. The second-order valence-electron chi connectivity index (χ2n) is 7.50. The molecule has 1 unspecified atom stereocenters. The van der Waals surface area contributed by atoms with Crippen LogP contribution in [0, 0.1) is 18.8 Å². The molecule has 4 rings (SSSR count). The molecule has 0 spiro atoms. The van der Waals surface area contributed by atoms with Gasteiger partial charge in [0, 0.05) is 0 Å². The molecule has 132 valence electrons. The fourth-order valence-corrected chi connectivity index (χ4v) is 5.09. The van der Waals surface area contributed by atoms with Crippen LogP contribution in [0.5, 0.6) is 0 Å². The van der Waals surface area contributed by atoms with E-state index in [9.17, 15) is 14.7 Å². The number of aliphatic hydroxyl groups excluding tert-OH is 1. The topological polar surface area (TPSA) is 63.6 Å². The number of benzene rings is 1. The summed E-state index contributed by atoms with van der Waals surface area (Å²) < 4.78 is 5.83. The van der Waals surface area contributed by atoms with Crippen LogP contribution >= 0.6 is 0 Å². The molecule has 2 fully saturated rings. The zero-order valence-electron chi connectivity index (χ0n) is 14.9. The van der Waals surface area contributed by atoms with Gasteiger partial charge in [0.15, 0.2) is 11.6 Å². The maximum Gasteiger partial charge on any atom is 0.155 e. The van der Waals surface area contributed by atoms with E-state index in [1.165, 1.54) is 0 Å². The van der Waals surface area contributed by atoms with Gasteiger partial charge in [0.25, 0.3) is 0 Å². The van der Waals surface area contributed by atoms with E-state index in [0.29, 0.717) is 0 Å². The van der Waals surface area contributed by atoms with Gasteiger partial charge in [-0.05, 0) is 36.5 Å². The number of aliphatic hydroxyl groups is 1. The molecule has 4 nitrogen and oxygen atoms in total. The SMILES string of the molecule is CCc1cc(C)cc(CC)c1C1C(=O)[C@H]2[C@@H]3C=C[C@@](CO)(O3)[C@H]2C1=O. The zero-order valence-corrected chi connectivity index (χ0v) is 14.9. The number of aryl methyl sites for hydroxylation is 3. The van der Waals surface area contributed by atoms with Gasteiger partial charge in [-0.2, -0.15) is 0 Å². The lowest BCUT2D eigenvalue weighted by Crippen LogP contribution is -2.41. The fraction of sp³-hybridized carbons (Fsp3) is 0.524. The lowest BCUT2D eigenvalue weighted by atomic mass is 9.77. The van der Waals surface area contributed by atoms with Gasteiger partial charge >= 0.3 is 0 Å². The van der Waals surface area contributed by atoms with Crippen LogP contribution in [-0.4, -0.2) is 35.0 Å². The van der Waals surface area contributed by atoms with Crippen molar-refractivity contribution in [2.45, 2.75) is 51.2 Å². The summed E-state index contributed by atoms with van der Waals surface area (Å²) in [4.78, 5) is 26.6. The Kier molecular flexibility index (Phi) is 3.74. The van der Waals surface area contributed by atoms with Crippen molar-refractivity contribution < 1.29 is 19.4 Å². The van der Waals surface area contributed by atoms with E-state index in [0.717, 1.165) is 35.1 Å². The molecule has 1 aromatic carbocycles. The van der Waals surface area contributed by atoms with Gasteiger partial charge in [-0.25, -0.2) is 0 Å². The Morgan fingerprint density at radius 2 is 1.76 bits per heavy atom. The first kappa shape index (κ1) is 16.7. The quantitative estimate of drug-likeness (QED) is 0.675. The summed E-state index contributed by atoms with van der Waals surface area (Å²) in [6, 6.07) is 4.18. The largest absolute Gasteiger partial charge is 0.393 e. The van der Waals surface area contributed by atoms with Crippen LogP contribution in [0.3, 0.4) is 0 Å². The highest BCUT2D eigenvalue weighted by atomic mass is 16.5. The van der Waals surface area contributed by atoms with Gasteiger partial charge in [-0.15, -0.1) is 0 Å². The molecule has 1 aliphatic carbocycles. The van der Waals surface area contributed by atoms with Crippen LogP contribution in [0.1, 0.15) is 42.0 Å². The zero-order chi connectivity index (χ0) is 17.9. The average Bonchev–Trinajstić information content (AvgIpc) is 3.25. The number of carbonyl (C=O) groups excluding carboxylic acids is 2. The van der Waals surface area contributed by atoms with E-state index in [2.05, 4.69) is 26.0 Å². The third-order valence-corrected chi connectivity index (χ3v) is 6.16. The fourth-order valence-electron chi connectivity index (χ4n) is 5.09. The Morgan fingerprint density at radius 1 is 1.12 bits per heavy atom. The van der Waals surface area contributed by atoms with Gasteiger partial charge in [-0.1, -0.05) is 43.7 Å². The monoisotopic (exact) mass is 340 g/mol. The van der Waals surface area contributed by atoms with E-state index in [1.807, 2.05) is 13.0 Å². The average molecular weight is 340 g/mol. The smallest absolute Gasteiger partial charge is 0.155 e. The highest BCUT2D eigenvalue weighted by Crippen LogP contribution is 2.55. The van der Waals surface area contributed by atoms with Crippen LogP contribution in [0.15, 0.2) is 24.3 Å². The molecule has 25 heavy (non-hydrogen) atoms. The Labute approximate surface area is 147 Å². The van der Waals surface area contributed by atoms with Crippen LogP contribution in [0.25, 0.3) is 0 Å². The van der Waals surface area contributed by atoms with Gasteiger partial charge in [0.05, 0.1) is 24.5 Å². The van der Waals surface area contributed by atoms with Crippen molar-refractivity contribution in [1.29, 1.82) is 0 Å². The minimum Gasteiger partial charge on any atom is -0.393 e. The van der Waals surface area contributed by atoms with Crippen molar-refractivity contribution in [3.8, 4) is 0 Å². The molecule has 3 aliphatic rings. The van der Waals surface area contributed by atoms with Crippen molar-refractivity contribution in [1.82, 2.24) is 0 Å². The van der Waals surface area contributed by atoms with E-state index >= 15 is 0 Å². The Hall–Kier alpha value is -1.78. The first-order valence-corrected chi connectivity index (χ1v) is 9.15. The molecule has 1 saturated heterocycles. The first-order valence-electron chi connectivity index (χ1n) is 9.15. The van der Waals surface area contributed by atoms with Crippen molar-refractivity contribution in [2.24, 2.45) is 11.8 Å². The van der Waals surface area contributed by atoms with Crippen molar-refractivity contribution in [3.63, 3.8) is 0 Å². The standard InChI is InChI=1S/C21H24O4/c1-4-12-8-11(3)9-13(5-2)15(12)17-19(23)16-14-6-7-21(10-22,25-14)18(16)20(17)24/h6-9,14,16-18,22H,4-5,10H2,1-3H3/t14-,16-,17?,18+,21-/m0/s1. The summed E-state index contributed by atoms with van der Waals surface area (Å²) in [5, 5.41) is 9.85. The van der Waals surface area contributed by atoms with Gasteiger partial charge < -0.3 is 9.84 Å². The van der Waals surface area contributed by atoms with Crippen LogP contribution in [-0.2, 0) is 27.2 Å². The number of rotatable bonds is 4. The van der Waals surface area contributed by atoms with Crippen molar-refractivity contribution >= 4 is 11.6 Å². The highest BCUT2D eigenvalue weighted by Gasteiger charge is 2.67.